The number of aliphatic hydroxyl groups excluding tert-OH is 1. The largest absolute Gasteiger partial charge is 0.442 e. The van der Waals surface area contributed by atoms with Crippen molar-refractivity contribution in [3.63, 3.8) is 0 Å². The van der Waals surface area contributed by atoms with Gasteiger partial charge in [-0.1, -0.05) is 11.6 Å². The van der Waals surface area contributed by atoms with Crippen LogP contribution in [0.25, 0.3) is 0 Å². The second-order valence-corrected chi connectivity index (χ2v) is 11.9. The van der Waals surface area contributed by atoms with Gasteiger partial charge in [0.15, 0.2) is 0 Å². The summed E-state index contributed by atoms with van der Waals surface area (Å²) in [6.45, 7) is 2.50. The highest BCUT2D eigenvalue weighted by molar-refractivity contribution is 7.18. The van der Waals surface area contributed by atoms with Crippen LogP contribution in [0.4, 0.5) is 16.2 Å². The Bertz CT molecular complexity index is 1340. The lowest BCUT2D eigenvalue weighted by molar-refractivity contribution is -0.129. The summed E-state index contributed by atoms with van der Waals surface area (Å²) in [5.74, 6) is -1.65. The van der Waals surface area contributed by atoms with E-state index in [1.54, 1.807) is 35.2 Å². The molecule has 4 N–H and O–H groups in total. The summed E-state index contributed by atoms with van der Waals surface area (Å²) in [5.41, 5.74) is 6.83. The predicted octanol–water partition coefficient (Wildman–Crippen LogP) is 1.75. The molecule has 13 nitrogen and oxygen atoms in total. The molecular weight excluding hydrogens is 602 g/mol. The van der Waals surface area contributed by atoms with Crippen molar-refractivity contribution in [3.8, 4) is 0 Å². The van der Waals surface area contributed by atoms with Gasteiger partial charge in [-0.2, -0.15) is 0 Å². The normalized spacial score (nSPS) is 18.3. The van der Waals surface area contributed by atoms with Gasteiger partial charge in [0, 0.05) is 30.9 Å². The highest BCUT2D eigenvalue weighted by Gasteiger charge is 2.36. The van der Waals surface area contributed by atoms with Crippen LogP contribution in [0.15, 0.2) is 36.4 Å². The number of nitrogens with two attached hydrogens (primary N) is 1. The van der Waals surface area contributed by atoms with Gasteiger partial charge in [0.05, 0.1) is 35.0 Å². The van der Waals surface area contributed by atoms with Gasteiger partial charge >= 0.3 is 6.09 Å². The van der Waals surface area contributed by atoms with Gasteiger partial charge < -0.3 is 30.5 Å². The molecule has 0 spiro atoms. The maximum absolute atomic E-state index is 13.3. The number of aliphatic hydroxyl groups is 1. The second kappa shape index (κ2) is 14.8. The average Bonchev–Trinajstić information content (AvgIpc) is 3.59. The van der Waals surface area contributed by atoms with Crippen molar-refractivity contribution in [3.05, 3.63) is 45.6 Å². The number of hydrogen-bond acceptors (Lipinski definition) is 10. The SMILES string of the molecule is CC(O)[C@H](N)C(=O)NCCCCC(=O)N(C[C@H]1CN(c2ccc(N3CCOCC3=O)cc2)C(=O)O1)C(=O)c1ccc(Cl)s1. The number of unbranched alkanes of at least 4 members (excludes halogenated alkanes) is 1. The minimum atomic E-state index is -1.05. The van der Waals surface area contributed by atoms with Crippen LogP contribution >= 0.6 is 22.9 Å². The van der Waals surface area contributed by atoms with Gasteiger partial charge in [-0.25, -0.2) is 4.79 Å². The summed E-state index contributed by atoms with van der Waals surface area (Å²) < 4.78 is 11.1. The number of amides is 5. The number of benzene rings is 1. The highest BCUT2D eigenvalue weighted by Crippen LogP contribution is 2.27. The van der Waals surface area contributed by atoms with E-state index >= 15 is 0 Å². The molecule has 5 amide bonds. The lowest BCUT2D eigenvalue weighted by atomic mass is 10.1. The Morgan fingerprint density at radius 2 is 1.84 bits per heavy atom. The summed E-state index contributed by atoms with van der Waals surface area (Å²) in [6, 6.07) is 8.93. The Kier molecular flexibility index (Phi) is 11.1. The first-order chi connectivity index (χ1) is 20.5. The number of rotatable bonds is 12. The van der Waals surface area contributed by atoms with E-state index in [-0.39, 0.29) is 43.4 Å². The molecule has 232 valence electrons. The Morgan fingerprint density at radius 3 is 2.47 bits per heavy atom. The van der Waals surface area contributed by atoms with Crippen LogP contribution in [-0.2, 0) is 23.9 Å². The molecule has 2 aromatic rings. The fourth-order valence-electron chi connectivity index (χ4n) is 4.58. The van der Waals surface area contributed by atoms with Gasteiger partial charge in [0.2, 0.25) is 11.8 Å². The zero-order chi connectivity index (χ0) is 31.1. The number of thiophene rings is 1. The molecule has 2 aliphatic heterocycles. The van der Waals surface area contributed by atoms with Crippen molar-refractivity contribution in [2.24, 2.45) is 5.73 Å². The first-order valence-corrected chi connectivity index (χ1v) is 15.0. The molecule has 1 unspecified atom stereocenters. The van der Waals surface area contributed by atoms with Crippen molar-refractivity contribution in [2.45, 2.75) is 44.4 Å². The van der Waals surface area contributed by atoms with E-state index in [9.17, 15) is 29.1 Å². The van der Waals surface area contributed by atoms with Crippen molar-refractivity contribution in [2.75, 3.05) is 49.2 Å². The van der Waals surface area contributed by atoms with Crippen LogP contribution in [0.1, 0.15) is 35.9 Å². The number of ether oxygens (including phenoxy) is 2. The van der Waals surface area contributed by atoms with Crippen molar-refractivity contribution >= 4 is 64.0 Å². The lowest BCUT2D eigenvalue weighted by Gasteiger charge is -2.27. The number of cyclic esters (lactones) is 1. The number of anilines is 2. The first-order valence-electron chi connectivity index (χ1n) is 13.8. The van der Waals surface area contributed by atoms with Gasteiger partial charge in [0.25, 0.3) is 11.8 Å². The van der Waals surface area contributed by atoms with E-state index < -0.39 is 42.1 Å². The molecule has 1 aromatic heterocycles. The molecule has 1 aromatic carbocycles. The number of nitrogens with zero attached hydrogens (tertiary/aromatic N) is 3. The van der Waals surface area contributed by atoms with Crippen LogP contribution in [0.2, 0.25) is 4.34 Å². The molecule has 2 saturated heterocycles. The van der Waals surface area contributed by atoms with Gasteiger partial charge in [-0.05, 0) is 56.2 Å². The third-order valence-electron chi connectivity index (χ3n) is 6.99. The predicted molar refractivity (Wildman–Crippen MR) is 159 cm³/mol. The van der Waals surface area contributed by atoms with Crippen molar-refractivity contribution < 1.29 is 38.6 Å². The zero-order valence-electron chi connectivity index (χ0n) is 23.6. The maximum Gasteiger partial charge on any atom is 0.414 e. The summed E-state index contributed by atoms with van der Waals surface area (Å²) in [6.07, 6.45) is -1.58. The van der Waals surface area contributed by atoms with Gasteiger partial charge in [-0.3, -0.25) is 29.0 Å². The molecule has 43 heavy (non-hydrogen) atoms. The molecule has 2 fully saturated rings. The fourth-order valence-corrected chi connectivity index (χ4v) is 5.57. The topological polar surface area (TPSA) is 172 Å². The molecule has 0 aliphatic carbocycles. The third kappa shape index (κ3) is 8.30. The third-order valence-corrected chi connectivity index (χ3v) is 8.21. The highest BCUT2D eigenvalue weighted by atomic mass is 35.5. The summed E-state index contributed by atoms with van der Waals surface area (Å²) in [7, 11) is 0. The molecular formula is C28H34ClN5O8S. The van der Waals surface area contributed by atoms with Crippen LogP contribution in [0.3, 0.4) is 0 Å². The van der Waals surface area contributed by atoms with Crippen molar-refractivity contribution in [1.82, 2.24) is 10.2 Å². The molecule has 3 atom stereocenters. The number of carbonyl (C=O) groups is 5. The Morgan fingerprint density at radius 1 is 1.14 bits per heavy atom. The minimum Gasteiger partial charge on any atom is -0.442 e. The lowest BCUT2D eigenvalue weighted by Crippen LogP contribution is -2.47. The van der Waals surface area contributed by atoms with Crippen LogP contribution in [-0.4, -0.2) is 97.4 Å². The summed E-state index contributed by atoms with van der Waals surface area (Å²) in [4.78, 5) is 67.7. The number of halogens is 1. The summed E-state index contributed by atoms with van der Waals surface area (Å²) >= 11 is 7.06. The molecule has 0 bridgehead atoms. The maximum atomic E-state index is 13.3. The van der Waals surface area contributed by atoms with E-state index in [1.807, 2.05) is 0 Å². The molecule has 3 heterocycles. The molecule has 0 radical (unpaired) electrons. The van der Waals surface area contributed by atoms with Gasteiger partial charge in [0.1, 0.15) is 18.8 Å². The number of carbonyl (C=O) groups excluding carboxylic acids is 5. The Hall–Kier alpha value is -3.56. The number of morpholine rings is 1. The van der Waals surface area contributed by atoms with E-state index in [0.717, 1.165) is 16.2 Å². The van der Waals surface area contributed by atoms with Gasteiger partial charge in [-0.15, -0.1) is 11.3 Å². The smallest absolute Gasteiger partial charge is 0.414 e. The standard InChI is InChI=1S/C28H34ClN5O8S/c1-17(35)25(30)26(38)31-11-3-2-4-23(36)34(27(39)21-9-10-22(29)43-21)15-20-14-33(28(40)42-20)19-7-5-18(6-8-19)32-12-13-41-16-24(32)37/h5-10,17,20,25,35H,2-4,11-16,30H2,1H3,(H,31,38)/t17?,20-,25+/m1/s1. The number of nitrogens with one attached hydrogen (secondary N) is 1. The van der Waals surface area contributed by atoms with Crippen molar-refractivity contribution in [1.29, 1.82) is 0 Å². The quantitative estimate of drug-likeness (QED) is 0.294. The fraction of sp³-hybridized carbons (Fsp3) is 0.464. The van der Waals surface area contributed by atoms with E-state index in [0.29, 0.717) is 41.7 Å². The monoisotopic (exact) mass is 635 g/mol. The van der Waals surface area contributed by atoms with Crippen LogP contribution in [0.5, 0.6) is 0 Å². The Labute approximate surface area is 257 Å². The minimum absolute atomic E-state index is 0.00920. The van der Waals surface area contributed by atoms with Crippen LogP contribution in [0, 0.1) is 0 Å². The second-order valence-electron chi connectivity index (χ2n) is 10.2. The van der Waals surface area contributed by atoms with E-state index in [4.69, 9.17) is 26.8 Å². The zero-order valence-corrected chi connectivity index (χ0v) is 25.1. The Balaban J connectivity index is 1.37. The van der Waals surface area contributed by atoms with E-state index in [1.165, 1.54) is 17.9 Å². The van der Waals surface area contributed by atoms with E-state index in [2.05, 4.69) is 5.32 Å². The average molecular weight is 636 g/mol. The molecule has 15 heteroatoms. The summed E-state index contributed by atoms with van der Waals surface area (Å²) in [5, 5.41) is 12.0. The number of hydrogen-bond donors (Lipinski definition) is 3. The number of imide groups is 1. The first kappa shape index (κ1) is 32.4. The molecule has 2 aliphatic rings. The van der Waals surface area contributed by atoms with Crippen LogP contribution < -0.4 is 20.9 Å². The molecule has 4 rings (SSSR count). The molecule has 0 saturated carbocycles.